The van der Waals surface area contributed by atoms with Gasteiger partial charge in [0.25, 0.3) is 0 Å². The molecule has 1 aliphatic carbocycles. The normalized spacial score (nSPS) is 25.9. The van der Waals surface area contributed by atoms with Crippen molar-refractivity contribution in [3.63, 3.8) is 0 Å². The van der Waals surface area contributed by atoms with E-state index >= 15 is 0 Å². The maximum atomic E-state index is 5.21. The van der Waals surface area contributed by atoms with Crippen molar-refractivity contribution in [3.8, 4) is 0 Å². The molecule has 0 aromatic carbocycles. The number of nitrogens with zero attached hydrogens (tertiary/aromatic N) is 4. The molecule has 0 aromatic rings. The predicted octanol–water partition coefficient (Wildman–Crippen LogP) is 7.21. The Morgan fingerprint density at radius 3 is 0.925 bits per heavy atom. The first-order chi connectivity index (χ1) is 18.8. The van der Waals surface area contributed by atoms with Crippen molar-refractivity contribution in [1.82, 2.24) is 19.6 Å². The van der Waals surface area contributed by atoms with E-state index in [9.17, 15) is 0 Å². The fourth-order valence-electron chi connectivity index (χ4n) is 5.11. The molecule has 2 N–H and O–H groups in total. The van der Waals surface area contributed by atoms with Crippen molar-refractivity contribution in [1.29, 1.82) is 0 Å². The zero-order chi connectivity index (χ0) is 30.5. The molecule has 5 heteroatoms. The highest BCUT2D eigenvalue weighted by Crippen LogP contribution is 2.27. The molecule has 3 heterocycles. The van der Waals surface area contributed by atoms with E-state index in [1.807, 2.05) is 26.8 Å². The molecule has 3 aliphatic heterocycles. The van der Waals surface area contributed by atoms with E-state index in [0.717, 1.165) is 29.2 Å². The molecule has 0 unspecified atom stereocenters. The number of piperidine rings is 2. The van der Waals surface area contributed by atoms with E-state index in [0.29, 0.717) is 0 Å². The molecule has 0 amide bonds. The minimum atomic E-state index is 0.978. The van der Waals surface area contributed by atoms with Crippen LogP contribution < -0.4 is 5.73 Å². The Labute approximate surface area is 252 Å². The quantitative estimate of drug-likeness (QED) is 0.341. The van der Waals surface area contributed by atoms with Gasteiger partial charge in [0, 0.05) is 26.2 Å². The van der Waals surface area contributed by atoms with E-state index in [-0.39, 0.29) is 0 Å². The van der Waals surface area contributed by atoms with Gasteiger partial charge in [-0.1, -0.05) is 65.0 Å². The van der Waals surface area contributed by atoms with Crippen LogP contribution in [0.1, 0.15) is 99.8 Å². The Bertz CT molecular complexity index is 504. The van der Waals surface area contributed by atoms with Crippen LogP contribution in [-0.4, -0.2) is 100 Å². The van der Waals surface area contributed by atoms with Gasteiger partial charge >= 0.3 is 0 Å². The van der Waals surface area contributed by atoms with Crippen LogP contribution in [0.3, 0.4) is 0 Å². The number of allylic oxidation sites excluding steroid dienone is 3. The molecule has 0 bridgehead atoms. The van der Waals surface area contributed by atoms with Gasteiger partial charge in [-0.05, 0) is 136 Å². The Balaban J connectivity index is 0.000000475. The Hall–Kier alpha value is -0.880. The first-order valence-corrected chi connectivity index (χ1v) is 16.6. The van der Waals surface area contributed by atoms with E-state index in [2.05, 4.69) is 75.5 Å². The molecule has 1 saturated carbocycles. The zero-order valence-corrected chi connectivity index (χ0v) is 29.1. The van der Waals surface area contributed by atoms with E-state index in [1.54, 1.807) is 6.20 Å². The predicted molar refractivity (Wildman–Crippen MR) is 181 cm³/mol. The van der Waals surface area contributed by atoms with Crippen molar-refractivity contribution in [3.05, 3.63) is 23.4 Å². The highest BCUT2D eigenvalue weighted by atomic mass is 15.2. The van der Waals surface area contributed by atoms with Crippen LogP contribution in [0, 0.1) is 23.7 Å². The molecule has 4 rings (SSSR count). The van der Waals surface area contributed by atoms with Crippen LogP contribution in [-0.2, 0) is 0 Å². The lowest BCUT2D eigenvalue weighted by Gasteiger charge is -2.28. The summed E-state index contributed by atoms with van der Waals surface area (Å²) < 4.78 is 0. The van der Waals surface area contributed by atoms with Gasteiger partial charge in [0.2, 0.25) is 0 Å². The summed E-state index contributed by atoms with van der Waals surface area (Å²) in [6.45, 7) is 25.6. The lowest BCUT2D eigenvalue weighted by molar-refractivity contribution is 0.181. The first kappa shape index (κ1) is 39.1. The minimum Gasteiger partial charge on any atom is -0.404 e. The summed E-state index contributed by atoms with van der Waals surface area (Å²) in [4.78, 5) is 9.53. The second kappa shape index (κ2) is 23.7. The largest absolute Gasteiger partial charge is 0.404 e. The molecule has 4 fully saturated rings. The Kier molecular flexibility index (Phi) is 23.1. The smallest absolute Gasteiger partial charge is 0.0107 e. The average Bonchev–Trinajstić information content (AvgIpc) is 2.92. The van der Waals surface area contributed by atoms with Crippen LogP contribution in [0.2, 0.25) is 0 Å². The number of likely N-dealkylation sites (tertiary alicyclic amines) is 2. The van der Waals surface area contributed by atoms with Gasteiger partial charge < -0.3 is 25.3 Å². The SMILES string of the molecule is CC(C)=C/C(C)=C\N.CC1CCC(C)CC1.CC1CCN(C)CC1.CC1CCN(C)CC1.CN1CCN(C)CC1. The summed E-state index contributed by atoms with van der Waals surface area (Å²) >= 11 is 0. The summed E-state index contributed by atoms with van der Waals surface area (Å²) in [6.07, 6.45) is 15.1. The second-order valence-electron chi connectivity index (χ2n) is 14.1. The van der Waals surface area contributed by atoms with E-state index in [4.69, 9.17) is 5.73 Å². The molecule has 0 atom stereocenters. The summed E-state index contributed by atoms with van der Waals surface area (Å²) in [5, 5.41) is 0. The molecule has 4 aliphatic rings. The van der Waals surface area contributed by atoms with Crippen molar-refractivity contribution in [2.75, 3.05) is 80.5 Å². The number of rotatable bonds is 1. The van der Waals surface area contributed by atoms with Crippen LogP contribution in [0.15, 0.2) is 23.4 Å². The fourth-order valence-corrected chi connectivity index (χ4v) is 5.11. The molecular weight excluding hydrogens is 490 g/mol. The molecular formula is C35H73N5. The van der Waals surface area contributed by atoms with Crippen LogP contribution >= 0.6 is 0 Å². The van der Waals surface area contributed by atoms with Gasteiger partial charge in [0.15, 0.2) is 0 Å². The van der Waals surface area contributed by atoms with Crippen LogP contribution in [0.25, 0.3) is 0 Å². The summed E-state index contributed by atoms with van der Waals surface area (Å²) in [5.74, 6) is 4.00. The molecule has 5 nitrogen and oxygen atoms in total. The third-order valence-corrected chi connectivity index (χ3v) is 8.83. The van der Waals surface area contributed by atoms with Gasteiger partial charge in [-0.2, -0.15) is 0 Å². The highest BCUT2D eigenvalue weighted by molar-refractivity contribution is 5.17. The number of hydrogen-bond acceptors (Lipinski definition) is 5. The summed E-state index contributed by atoms with van der Waals surface area (Å²) in [7, 11) is 8.75. The zero-order valence-electron chi connectivity index (χ0n) is 29.1. The maximum absolute atomic E-state index is 5.21. The number of nitrogens with two attached hydrogens (primary N) is 1. The number of piperazine rings is 1. The summed E-state index contributed by atoms with van der Waals surface area (Å²) in [5.41, 5.74) is 7.61. The third kappa shape index (κ3) is 23.8. The van der Waals surface area contributed by atoms with Crippen molar-refractivity contribution < 1.29 is 0 Å². The molecule has 0 aromatic heterocycles. The Morgan fingerprint density at radius 1 is 0.475 bits per heavy atom. The number of hydrogen-bond donors (Lipinski definition) is 1. The third-order valence-electron chi connectivity index (χ3n) is 8.83. The molecule has 238 valence electrons. The van der Waals surface area contributed by atoms with Gasteiger partial charge in [-0.15, -0.1) is 0 Å². The monoisotopic (exact) mass is 564 g/mol. The average molecular weight is 564 g/mol. The van der Waals surface area contributed by atoms with Gasteiger partial charge in [0.1, 0.15) is 0 Å². The topological polar surface area (TPSA) is 39.0 Å². The highest BCUT2D eigenvalue weighted by Gasteiger charge is 2.13. The number of likely N-dealkylation sites (N-methyl/N-ethyl adjacent to an activating group) is 2. The molecule has 3 saturated heterocycles. The maximum Gasteiger partial charge on any atom is 0.0107 e. The van der Waals surface area contributed by atoms with E-state index in [1.165, 1.54) is 109 Å². The lowest BCUT2D eigenvalue weighted by Crippen LogP contribution is -2.42. The molecule has 0 radical (unpaired) electrons. The van der Waals surface area contributed by atoms with E-state index < -0.39 is 0 Å². The second-order valence-corrected chi connectivity index (χ2v) is 14.1. The minimum absolute atomic E-state index is 0.978. The van der Waals surface area contributed by atoms with Crippen LogP contribution in [0.5, 0.6) is 0 Å². The fraction of sp³-hybridized carbons (Fsp3) is 0.886. The van der Waals surface area contributed by atoms with Crippen LogP contribution in [0.4, 0.5) is 0 Å². The first-order valence-electron chi connectivity index (χ1n) is 16.6. The van der Waals surface area contributed by atoms with Crippen molar-refractivity contribution >= 4 is 0 Å². The molecule has 0 spiro atoms. The van der Waals surface area contributed by atoms with Gasteiger partial charge in [-0.3, -0.25) is 0 Å². The Morgan fingerprint density at radius 2 is 0.725 bits per heavy atom. The van der Waals surface area contributed by atoms with Gasteiger partial charge in [-0.25, -0.2) is 0 Å². The standard InChI is InChI=1S/C8H16.2C7H15N.C7H13N.C6H14N2/c3*1-7-3-5-8(2)6-4-7;1-6(2)4-7(3)5-8;1-7-3-5-8(2)6-4-7/h7-8H,3-6H2,1-2H3;2*7H,3-6H2,1-2H3;4-5H,8H2,1-3H3;3-6H2,1-2H3/b;;;7-5-;. The summed E-state index contributed by atoms with van der Waals surface area (Å²) in [6, 6.07) is 0. The molecule has 40 heavy (non-hydrogen) atoms. The van der Waals surface area contributed by atoms with Crippen molar-refractivity contribution in [2.45, 2.75) is 99.8 Å². The lowest BCUT2D eigenvalue weighted by atomic mass is 9.84. The van der Waals surface area contributed by atoms with Crippen molar-refractivity contribution in [2.24, 2.45) is 29.4 Å². The van der Waals surface area contributed by atoms with Gasteiger partial charge in [0.05, 0.1) is 0 Å².